The fourth-order valence-electron chi connectivity index (χ4n) is 4.15. The van der Waals surface area contributed by atoms with E-state index in [1.165, 1.54) is 5.01 Å². The van der Waals surface area contributed by atoms with Gasteiger partial charge in [0.05, 0.1) is 22.3 Å². The van der Waals surface area contributed by atoms with E-state index < -0.39 is 23.0 Å². The molecule has 1 aliphatic heterocycles. The number of hydrogen-bond donors (Lipinski definition) is 3. The number of nitrogens with zero attached hydrogens (tertiary/aromatic N) is 3. The summed E-state index contributed by atoms with van der Waals surface area (Å²) in [6.07, 6.45) is 0. The van der Waals surface area contributed by atoms with Crippen molar-refractivity contribution in [3.8, 4) is 0 Å². The highest BCUT2D eigenvalue weighted by Crippen LogP contribution is 2.46. The molecule has 3 N–H and O–H groups in total. The molecule has 0 spiro atoms. The molecule has 33 heavy (non-hydrogen) atoms. The predicted molar refractivity (Wildman–Crippen MR) is 124 cm³/mol. The van der Waals surface area contributed by atoms with Gasteiger partial charge in [-0.3, -0.25) is 14.6 Å². The zero-order valence-corrected chi connectivity index (χ0v) is 17.6. The van der Waals surface area contributed by atoms with E-state index >= 15 is 0 Å². The maximum absolute atomic E-state index is 13.3. The lowest BCUT2D eigenvalue weighted by atomic mass is 9.93. The summed E-state index contributed by atoms with van der Waals surface area (Å²) in [5.41, 5.74) is -1.54. The zero-order chi connectivity index (χ0) is 23.2. The van der Waals surface area contributed by atoms with Crippen molar-refractivity contribution in [1.82, 2.24) is 15.0 Å². The highest BCUT2D eigenvalue weighted by Gasteiger charge is 2.56. The van der Waals surface area contributed by atoms with Crippen LogP contribution in [0.25, 0.3) is 16.6 Å². The van der Waals surface area contributed by atoms with Gasteiger partial charge in [0.2, 0.25) is 5.72 Å². The number of H-pyrrole nitrogens is 1. The van der Waals surface area contributed by atoms with Crippen LogP contribution in [-0.4, -0.2) is 38.1 Å². The standard InChI is InChI=1S/C25H20N4O4/c1-28(17-12-6-3-7-13-17)29-24(32)22(30)20(25(29,33)16-10-4-2-5-11-16)21-23(31)27-19-15-9-8-14-18(19)26-21/h2-15,30,33H,1H3,(H,27,31). The van der Waals surface area contributed by atoms with Crippen molar-refractivity contribution in [2.45, 2.75) is 5.72 Å². The fourth-order valence-corrected chi connectivity index (χ4v) is 4.15. The number of benzene rings is 3. The van der Waals surface area contributed by atoms with E-state index in [0.29, 0.717) is 16.7 Å². The van der Waals surface area contributed by atoms with Gasteiger partial charge in [-0.1, -0.05) is 60.7 Å². The average Bonchev–Trinajstić information content (AvgIpc) is 3.05. The van der Waals surface area contributed by atoms with E-state index in [1.807, 2.05) is 6.07 Å². The van der Waals surface area contributed by atoms with Gasteiger partial charge >= 0.3 is 5.91 Å². The third-order valence-corrected chi connectivity index (χ3v) is 5.73. The van der Waals surface area contributed by atoms with Crippen LogP contribution in [0, 0.1) is 0 Å². The molecular formula is C25H20N4O4. The lowest BCUT2D eigenvalue weighted by Gasteiger charge is -2.41. The first-order valence-electron chi connectivity index (χ1n) is 10.3. The molecule has 8 heteroatoms. The molecule has 1 unspecified atom stereocenters. The Balaban J connectivity index is 1.78. The van der Waals surface area contributed by atoms with Crippen LogP contribution < -0.4 is 10.6 Å². The quantitative estimate of drug-likeness (QED) is 0.450. The minimum atomic E-state index is -2.20. The van der Waals surface area contributed by atoms with Crippen LogP contribution in [0.3, 0.4) is 0 Å². The van der Waals surface area contributed by atoms with Gasteiger partial charge in [-0.05, 0) is 24.3 Å². The molecule has 164 valence electrons. The molecule has 5 rings (SSSR count). The van der Waals surface area contributed by atoms with E-state index in [2.05, 4.69) is 9.97 Å². The van der Waals surface area contributed by atoms with Gasteiger partial charge in [0.25, 0.3) is 5.56 Å². The Morgan fingerprint density at radius 1 is 0.909 bits per heavy atom. The number of aliphatic hydroxyl groups excluding tert-OH is 1. The molecule has 0 bridgehead atoms. The smallest absolute Gasteiger partial charge is 0.311 e. The molecule has 0 fully saturated rings. The van der Waals surface area contributed by atoms with Crippen LogP contribution in [0.4, 0.5) is 5.69 Å². The van der Waals surface area contributed by atoms with Gasteiger partial charge < -0.3 is 15.2 Å². The van der Waals surface area contributed by atoms with Crippen molar-refractivity contribution in [2.24, 2.45) is 0 Å². The third kappa shape index (κ3) is 3.07. The summed E-state index contributed by atoms with van der Waals surface area (Å²) < 4.78 is 0. The first-order valence-corrected chi connectivity index (χ1v) is 10.3. The summed E-state index contributed by atoms with van der Waals surface area (Å²) in [6.45, 7) is 0. The number of aromatic amines is 1. The molecule has 0 aliphatic carbocycles. The number of carbonyl (C=O) groups excluding carboxylic acids is 1. The lowest BCUT2D eigenvalue weighted by Crippen LogP contribution is -2.54. The van der Waals surface area contributed by atoms with Crippen molar-refractivity contribution in [1.29, 1.82) is 0 Å². The Bertz CT molecular complexity index is 1450. The molecular weight excluding hydrogens is 420 g/mol. The van der Waals surface area contributed by atoms with Gasteiger partial charge in [-0.25, -0.2) is 9.99 Å². The second-order valence-corrected chi connectivity index (χ2v) is 7.67. The molecule has 2 heterocycles. The van der Waals surface area contributed by atoms with E-state index in [9.17, 15) is 19.8 Å². The summed E-state index contributed by atoms with van der Waals surface area (Å²) >= 11 is 0. The van der Waals surface area contributed by atoms with Crippen LogP contribution in [0.5, 0.6) is 0 Å². The normalized spacial score (nSPS) is 18.2. The first kappa shape index (κ1) is 20.5. The highest BCUT2D eigenvalue weighted by atomic mass is 16.3. The molecule has 0 saturated heterocycles. The first-order chi connectivity index (χ1) is 15.9. The van der Waals surface area contributed by atoms with E-state index in [-0.39, 0.29) is 16.8 Å². The largest absolute Gasteiger partial charge is 0.503 e. The van der Waals surface area contributed by atoms with Crippen LogP contribution >= 0.6 is 0 Å². The van der Waals surface area contributed by atoms with E-state index in [4.69, 9.17) is 0 Å². The predicted octanol–water partition coefficient (Wildman–Crippen LogP) is 2.93. The number of aliphatic hydroxyl groups is 2. The molecule has 1 aromatic heterocycles. The highest BCUT2D eigenvalue weighted by molar-refractivity contribution is 6.07. The van der Waals surface area contributed by atoms with Crippen molar-refractivity contribution in [3.05, 3.63) is 112 Å². The summed E-state index contributed by atoms with van der Waals surface area (Å²) in [7, 11) is 1.59. The second kappa shape index (κ2) is 7.61. The van der Waals surface area contributed by atoms with Crippen LogP contribution in [-0.2, 0) is 10.5 Å². The maximum atomic E-state index is 13.3. The van der Waals surface area contributed by atoms with Gasteiger partial charge in [-0.2, -0.15) is 0 Å². The van der Waals surface area contributed by atoms with Crippen molar-refractivity contribution in [2.75, 3.05) is 12.1 Å². The minimum Gasteiger partial charge on any atom is -0.503 e. The molecule has 1 aliphatic rings. The average molecular weight is 440 g/mol. The molecule has 8 nitrogen and oxygen atoms in total. The van der Waals surface area contributed by atoms with Gasteiger partial charge in [-0.15, -0.1) is 0 Å². The Morgan fingerprint density at radius 3 is 2.21 bits per heavy atom. The molecule has 3 aromatic carbocycles. The Kier molecular flexibility index (Phi) is 4.72. The van der Waals surface area contributed by atoms with Crippen LogP contribution in [0.2, 0.25) is 0 Å². The Labute approximate surface area is 188 Å². The monoisotopic (exact) mass is 440 g/mol. The number of hydrazine groups is 1. The topological polar surface area (TPSA) is 110 Å². The van der Waals surface area contributed by atoms with Crippen molar-refractivity contribution >= 4 is 28.2 Å². The molecule has 1 amide bonds. The minimum absolute atomic E-state index is 0.241. The summed E-state index contributed by atoms with van der Waals surface area (Å²) in [4.78, 5) is 33.5. The second-order valence-electron chi connectivity index (χ2n) is 7.67. The fraction of sp³-hybridized carbons (Fsp3) is 0.0800. The molecule has 4 aromatic rings. The molecule has 0 saturated carbocycles. The Morgan fingerprint density at radius 2 is 1.52 bits per heavy atom. The lowest BCUT2D eigenvalue weighted by molar-refractivity contribution is -0.145. The van der Waals surface area contributed by atoms with E-state index in [0.717, 1.165) is 5.01 Å². The van der Waals surface area contributed by atoms with Crippen molar-refractivity contribution in [3.63, 3.8) is 0 Å². The zero-order valence-electron chi connectivity index (χ0n) is 17.6. The summed E-state index contributed by atoms with van der Waals surface area (Å²) in [5, 5.41) is 25.6. The number of para-hydroxylation sites is 3. The summed E-state index contributed by atoms with van der Waals surface area (Å²) in [6, 6.07) is 24.2. The third-order valence-electron chi connectivity index (χ3n) is 5.73. The summed E-state index contributed by atoms with van der Waals surface area (Å²) in [5.74, 6) is -1.62. The van der Waals surface area contributed by atoms with Crippen LogP contribution in [0.1, 0.15) is 11.3 Å². The van der Waals surface area contributed by atoms with Crippen molar-refractivity contribution < 1.29 is 15.0 Å². The van der Waals surface area contributed by atoms with Gasteiger partial charge in [0.15, 0.2) is 5.76 Å². The number of amides is 1. The number of nitrogens with one attached hydrogen (secondary N) is 1. The Hall–Kier alpha value is -4.43. The van der Waals surface area contributed by atoms with Crippen LogP contribution in [0.15, 0.2) is 95.5 Å². The molecule has 0 radical (unpaired) electrons. The number of rotatable bonds is 4. The number of fused-ring (bicyclic) bond motifs is 1. The van der Waals surface area contributed by atoms with Gasteiger partial charge in [0, 0.05) is 12.6 Å². The number of hydrogen-bond acceptors (Lipinski definition) is 6. The maximum Gasteiger partial charge on any atom is 0.311 e. The number of carbonyl (C=O) groups is 1. The van der Waals surface area contributed by atoms with Gasteiger partial charge in [0.1, 0.15) is 5.69 Å². The van der Waals surface area contributed by atoms with E-state index in [1.54, 1.807) is 85.9 Å². The number of anilines is 1. The SMILES string of the molecule is CN(c1ccccc1)N1C(=O)C(O)=C(c2nc3ccccc3[nH]c2=O)C1(O)c1ccccc1. The number of aromatic nitrogens is 2. The molecule has 1 atom stereocenters.